The van der Waals surface area contributed by atoms with Crippen molar-refractivity contribution in [3.05, 3.63) is 234 Å². The highest BCUT2D eigenvalue weighted by atomic mass is 15.1. The van der Waals surface area contributed by atoms with Crippen molar-refractivity contribution in [1.29, 1.82) is 0 Å². The molecule has 8 aromatic carbocycles. The van der Waals surface area contributed by atoms with Crippen molar-refractivity contribution in [1.82, 2.24) is 0 Å². The van der Waals surface area contributed by atoms with Crippen LogP contribution in [0.4, 0.5) is 17.1 Å². The molecule has 4 saturated carbocycles. The second kappa shape index (κ2) is 13.0. The third kappa shape index (κ3) is 4.64. The van der Waals surface area contributed by atoms with Crippen molar-refractivity contribution < 1.29 is 0 Å². The first-order chi connectivity index (χ1) is 29.7. The minimum Gasteiger partial charge on any atom is -0.310 e. The maximum Gasteiger partial charge on any atom is 0.0719 e. The van der Waals surface area contributed by atoms with Crippen molar-refractivity contribution in [3.63, 3.8) is 0 Å². The van der Waals surface area contributed by atoms with E-state index in [-0.39, 0.29) is 5.41 Å². The van der Waals surface area contributed by atoms with Gasteiger partial charge in [0.05, 0.1) is 11.1 Å². The highest BCUT2D eigenvalue weighted by Gasteiger charge is 2.64. The molecule has 8 aromatic rings. The molecule has 1 nitrogen and oxygen atoms in total. The van der Waals surface area contributed by atoms with Crippen LogP contribution in [0, 0.1) is 23.7 Å². The van der Waals surface area contributed by atoms with Gasteiger partial charge in [-0.1, -0.05) is 170 Å². The first-order valence-corrected chi connectivity index (χ1v) is 22.3. The van der Waals surface area contributed by atoms with E-state index in [1.54, 1.807) is 11.1 Å². The normalized spacial score (nSPS) is 23.2. The molecule has 0 atom stereocenters. The Bertz CT molecular complexity index is 2870. The summed E-state index contributed by atoms with van der Waals surface area (Å²) in [5.41, 5.74) is 19.8. The highest BCUT2D eigenvalue weighted by Crippen LogP contribution is 2.71. The number of para-hydroxylation sites is 1. The zero-order valence-electron chi connectivity index (χ0n) is 33.8. The first-order valence-electron chi connectivity index (χ1n) is 22.3. The van der Waals surface area contributed by atoms with Crippen molar-refractivity contribution in [2.75, 3.05) is 4.90 Å². The summed E-state index contributed by atoms with van der Waals surface area (Å²) in [6, 6.07) is 76.2. The Balaban J connectivity index is 1.11. The van der Waals surface area contributed by atoms with E-state index in [1.165, 1.54) is 105 Å². The van der Waals surface area contributed by atoms with Gasteiger partial charge in [0, 0.05) is 22.4 Å². The van der Waals surface area contributed by atoms with Crippen molar-refractivity contribution >= 4 is 17.1 Å². The predicted molar refractivity (Wildman–Crippen MR) is 247 cm³/mol. The standard InChI is InChI=1S/C59H47N/c1-3-15-41(16-4-1)42-27-29-46(30-28-42)60(57-26-14-9-19-48(57)43-17-5-2-6-18-43)47-31-32-55-56(38-47)58(44-34-39-33-40(36-44)37-45(58)35-39)53-24-12-13-25-54(53)59(55)51-22-10-7-20-49(51)50-21-8-11-23-52(50)59/h1-32,38-40,44-45H,33-37H2/t39-,40+,44-,45-,58?. The Kier molecular flexibility index (Phi) is 7.48. The summed E-state index contributed by atoms with van der Waals surface area (Å²) in [5.74, 6) is 2.97. The van der Waals surface area contributed by atoms with Gasteiger partial charge in [0.15, 0.2) is 0 Å². The molecule has 288 valence electrons. The Morgan fingerprint density at radius 1 is 0.333 bits per heavy atom. The summed E-state index contributed by atoms with van der Waals surface area (Å²) in [7, 11) is 0. The van der Waals surface area contributed by atoms with Crippen LogP contribution in [0.25, 0.3) is 33.4 Å². The number of nitrogens with zero attached hydrogens (tertiary/aromatic N) is 1. The molecule has 6 aliphatic carbocycles. The molecule has 1 heteroatoms. The molecule has 60 heavy (non-hydrogen) atoms. The maximum absolute atomic E-state index is 2.70. The summed E-state index contributed by atoms with van der Waals surface area (Å²) in [5, 5.41) is 0. The average molecular weight is 770 g/mol. The Morgan fingerprint density at radius 2 is 0.800 bits per heavy atom. The lowest BCUT2D eigenvalue weighted by Crippen LogP contribution is -2.59. The zero-order valence-corrected chi connectivity index (χ0v) is 33.8. The van der Waals surface area contributed by atoms with Gasteiger partial charge in [-0.05, 0) is 147 Å². The van der Waals surface area contributed by atoms with Gasteiger partial charge in [0.1, 0.15) is 0 Å². The molecular formula is C59H47N. The minimum atomic E-state index is -0.401. The molecule has 0 unspecified atom stereocenters. The molecule has 4 fully saturated rings. The molecule has 2 spiro atoms. The van der Waals surface area contributed by atoms with Gasteiger partial charge in [-0.15, -0.1) is 0 Å². The minimum absolute atomic E-state index is 0.0468. The van der Waals surface area contributed by atoms with Gasteiger partial charge < -0.3 is 4.90 Å². The molecule has 0 aromatic heterocycles. The van der Waals surface area contributed by atoms with Crippen LogP contribution in [0.2, 0.25) is 0 Å². The number of hydrogen-bond donors (Lipinski definition) is 0. The van der Waals surface area contributed by atoms with E-state index < -0.39 is 5.41 Å². The molecular weight excluding hydrogens is 723 g/mol. The van der Waals surface area contributed by atoms with Crippen LogP contribution in [-0.2, 0) is 10.8 Å². The van der Waals surface area contributed by atoms with Gasteiger partial charge in [-0.25, -0.2) is 0 Å². The van der Waals surface area contributed by atoms with E-state index in [0.717, 1.165) is 11.8 Å². The predicted octanol–water partition coefficient (Wildman–Crippen LogP) is 14.9. The molecule has 0 N–H and O–H groups in total. The first kappa shape index (κ1) is 34.4. The molecule has 0 saturated heterocycles. The topological polar surface area (TPSA) is 3.24 Å². The quantitative estimate of drug-likeness (QED) is 0.169. The van der Waals surface area contributed by atoms with Gasteiger partial charge in [0.25, 0.3) is 0 Å². The summed E-state index contributed by atoms with van der Waals surface area (Å²) in [4.78, 5) is 2.56. The Morgan fingerprint density at radius 3 is 1.43 bits per heavy atom. The fourth-order valence-corrected chi connectivity index (χ4v) is 13.8. The van der Waals surface area contributed by atoms with Crippen LogP contribution in [0.15, 0.2) is 200 Å². The number of fused-ring (bicyclic) bond motifs is 9. The highest BCUT2D eigenvalue weighted by molar-refractivity contribution is 5.92. The number of anilines is 3. The van der Waals surface area contributed by atoms with Crippen molar-refractivity contribution in [3.8, 4) is 33.4 Å². The van der Waals surface area contributed by atoms with E-state index in [0.29, 0.717) is 11.8 Å². The SMILES string of the molecule is c1ccc(-c2ccc(N(c3ccc4c(c3)C3(c5ccccc5C45c4ccccc4-c4ccccc45)[C@H]4C[C@@H]5C[C@@H](C[C@@H]3C5)C4)c3ccccc3-c3ccccc3)cc2)cc1. The smallest absolute Gasteiger partial charge is 0.0719 e. The fourth-order valence-electron chi connectivity index (χ4n) is 13.8. The van der Waals surface area contributed by atoms with Crippen LogP contribution in [-0.4, -0.2) is 0 Å². The summed E-state index contributed by atoms with van der Waals surface area (Å²) < 4.78 is 0. The Labute approximate surface area is 354 Å². The molecule has 0 heterocycles. The summed E-state index contributed by atoms with van der Waals surface area (Å²) in [6.07, 6.45) is 6.80. The van der Waals surface area contributed by atoms with Crippen LogP contribution < -0.4 is 4.90 Å². The van der Waals surface area contributed by atoms with Crippen LogP contribution in [0.3, 0.4) is 0 Å². The van der Waals surface area contributed by atoms with Crippen LogP contribution >= 0.6 is 0 Å². The van der Waals surface area contributed by atoms with Gasteiger partial charge in [-0.3, -0.25) is 0 Å². The third-order valence-electron chi connectivity index (χ3n) is 15.7. The second-order valence-corrected chi connectivity index (χ2v) is 18.4. The van der Waals surface area contributed by atoms with Gasteiger partial charge >= 0.3 is 0 Å². The summed E-state index contributed by atoms with van der Waals surface area (Å²) >= 11 is 0. The average Bonchev–Trinajstić information content (AvgIpc) is 3.60. The summed E-state index contributed by atoms with van der Waals surface area (Å²) in [6.45, 7) is 0. The van der Waals surface area contributed by atoms with E-state index in [1.807, 2.05) is 0 Å². The molecule has 0 aliphatic heterocycles. The zero-order chi connectivity index (χ0) is 39.4. The number of rotatable bonds is 5. The van der Waals surface area contributed by atoms with Crippen LogP contribution in [0.1, 0.15) is 65.5 Å². The van der Waals surface area contributed by atoms with Crippen molar-refractivity contribution in [2.45, 2.75) is 42.9 Å². The maximum atomic E-state index is 2.70. The number of benzene rings is 8. The van der Waals surface area contributed by atoms with Gasteiger partial charge in [-0.2, -0.15) is 0 Å². The second-order valence-electron chi connectivity index (χ2n) is 18.4. The molecule has 14 rings (SSSR count). The third-order valence-corrected chi connectivity index (χ3v) is 15.7. The van der Waals surface area contributed by atoms with Crippen molar-refractivity contribution in [2.24, 2.45) is 23.7 Å². The van der Waals surface area contributed by atoms with E-state index in [9.17, 15) is 0 Å². The number of hydrogen-bond acceptors (Lipinski definition) is 1. The molecule has 4 bridgehead atoms. The monoisotopic (exact) mass is 769 g/mol. The van der Waals surface area contributed by atoms with E-state index in [4.69, 9.17) is 0 Å². The van der Waals surface area contributed by atoms with E-state index >= 15 is 0 Å². The lowest BCUT2D eigenvalue weighted by Gasteiger charge is -2.65. The Hall–Kier alpha value is -6.44. The molecule has 6 aliphatic rings. The largest absolute Gasteiger partial charge is 0.310 e. The molecule has 0 radical (unpaired) electrons. The van der Waals surface area contributed by atoms with E-state index in [2.05, 4.69) is 205 Å². The fraction of sp³-hybridized carbons (Fsp3) is 0.186. The molecule has 0 amide bonds. The van der Waals surface area contributed by atoms with Gasteiger partial charge in [0.2, 0.25) is 0 Å². The lowest BCUT2D eigenvalue weighted by atomic mass is 9.38. The van der Waals surface area contributed by atoms with Crippen LogP contribution in [0.5, 0.6) is 0 Å². The lowest BCUT2D eigenvalue weighted by molar-refractivity contribution is -0.0440.